The Labute approximate surface area is 94.3 Å². The number of carbonyl (C=O) groups is 1. The van der Waals surface area contributed by atoms with E-state index < -0.39 is 5.92 Å². The molecular formula is C12H16FNO2. The smallest absolute Gasteiger partial charge is 0.225 e. The third-order valence-corrected chi connectivity index (χ3v) is 2.49. The summed E-state index contributed by atoms with van der Waals surface area (Å²) in [5.41, 5.74) is 0.448. The molecule has 0 aromatic heterocycles. The van der Waals surface area contributed by atoms with Crippen molar-refractivity contribution in [2.24, 2.45) is 5.92 Å². The van der Waals surface area contributed by atoms with Gasteiger partial charge < -0.3 is 10.4 Å². The van der Waals surface area contributed by atoms with Crippen molar-refractivity contribution in [3.63, 3.8) is 0 Å². The van der Waals surface area contributed by atoms with Gasteiger partial charge >= 0.3 is 0 Å². The Bertz CT molecular complexity index is 351. The summed E-state index contributed by atoms with van der Waals surface area (Å²) in [6, 6.07) is 6.29. The lowest BCUT2D eigenvalue weighted by Crippen LogP contribution is -2.32. The van der Waals surface area contributed by atoms with Crippen LogP contribution in [0.2, 0.25) is 0 Å². The van der Waals surface area contributed by atoms with E-state index in [0.717, 1.165) is 0 Å². The normalized spacial score (nSPS) is 12.2. The van der Waals surface area contributed by atoms with Crippen LogP contribution in [0.25, 0.3) is 0 Å². The van der Waals surface area contributed by atoms with Crippen LogP contribution in [-0.4, -0.2) is 17.6 Å². The van der Waals surface area contributed by atoms with Crippen LogP contribution in [0.3, 0.4) is 0 Å². The van der Waals surface area contributed by atoms with Gasteiger partial charge in [0.05, 0.1) is 12.5 Å². The number of hydrogen-bond donors (Lipinski definition) is 2. The van der Waals surface area contributed by atoms with Gasteiger partial charge in [-0.2, -0.15) is 0 Å². The van der Waals surface area contributed by atoms with Crippen LogP contribution >= 0.6 is 0 Å². The second-order valence-corrected chi connectivity index (χ2v) is 3.60. The minimum absolute atomic E-state index is 0.155. The van der Waals surface area contributed by atoms with Crippen LogP contribution in [-0.2, 0) is 11.3 Å². The van der Waals surface area contributed by atoms with E-state index in [4.69, 9.17) is 5.11 Å². The molecule has 4 heteroatoms. The topological polar surface area (TPSA) is 49.3 Å². The van der Waals surface area contributed by atoms with Crippen LogP contribution in [0.15, 0.2) is 24.3 Å². The molecule has 0 fully saturated rings. The molecule has 88 valence electrons. The highest BCUT2D eigenvalue weighted by Gasteiger charge is 2.14. The lowest BCUT2D eigenvalue weighted by atomic mass is 10.1. The number of amides is 1. The summed E-state index contributed by atoms with van der Waals surface area (Å²) in [4.78, 5) is 11.5. The number of benzene rings is 1. The van der Waals surface area contributed by atoms with Crippen LogP contribution in [0.5, 0.6) is 0 Å². The third-order valence-electron chi connectivity index (χ3n) is 2.49. The number of hydrogen-bond acceptors (Lipinski definition) is 2. The van der Waals surface area contributed by atoms with Gasteiger partial charge in [-0.05, 0) is 12.5 Å². The lowest BCUT2D eigenvalue weighted by molar-refractivity contribution is -0.126. The average molecular weight is 225 g/mol. The molecule has 0 aliphatic rings. The Morgan fingerprint density at radius 2 is 2.19 bits per heavy atom. The summed E-state index contributed by atoms with van der Waals surface area (Å²) in [6.07, 6.45) is 0.569. The number of rotatable bonds is 5. The molecule has 0 saturated carbocycles. The molecule has 2 N–H and O–H groups in total. The standard InChI is InChI=1S/C12H16FNO2/c1-2-9(8-15)12(16)14-7-10-5-3-4-6-11(10)13/h3-6,9,15H,2,7-8H2,1H3,(H,14,16). The Morgan fingerprint density at radius 1 is 1.50 bits per heavy atom. The summed E-state index contributed by atoms with van der Waals surface area (Å²) in [5, 5.41) is 11.5. The number of aliphatic hydroxyl groups excluding tert-OH is 1. The average Bonchev–Trinajstić information content (AvgIpc) is 2.29. The molecule has 0 radical (unpaired) electrons. The van der Waals surface area contributed by atoms with Crippen LogP contribution in [0.1, 0.15) is 18.9 Å². The molecule has 0 spiro atoms. The highest BCUT2D eigenvalue weighted by molar-refractivity contribution is 5.78. The maximum Gasteiger partial charge on any atom is 0.225 e. The summed E-state index contributed by atoms with van der Waals surface area (Å²) in [6.45, 7) is 1.80. The first kappa shape index (κ1) is 12.6. The van der Waals surface area contributed by atoms with Crippen molar-refractivity contribution in [2.45, 2.75) is 19.9 Å². The molecule has 1 unspecified atom stereocenters. The van der Waals surface area contributed by atoms with E-state index in [0.29, 0.717) is 12.0 Å². The molecular weight excluding hydrogens is 209 g/mol. The van der Waals surface area contributed by atoms with E-state index >= 15 is 0 Å². The van der Waals surface area contributed by atoms with Gasteiger partial charge in [0.2, 0.25) is 5.91 Å². The van der Waals surface area contributed by atoms with E-state index in [1.54, 1.807) is 18.2 Å². The number of halogens is 1. The van der Waals surface area contributed by atoms with E-state index in [9.17, 15) is 9.18 Å². The largest absolute Gasteiger partial charge is 0.396 e. The summed E-state index contributed by atoms with van der Waals surface area (Å²) in [5.74, 6) is -0.986. The molecule has 0 aliphatic carbocycles. The molecule has 1 rings (SSSR count). The number of nitrogens with one attached hydrogen (secondary N) is 1. The quantitative estimate of drug-likeness (QED) is 0.797. The van der Waals surface area contributed by atoms with Crippen molar-refractivity contribution >= 4 is 5.91 Å². The van der Waals surface area contributed by atoms with E-state index in [1.807, 2.05) is 6.92 Å². The predicted molar refractivity (Wildman–Crippen MR) is 59.1 cm³/mol. The van der Waals surface area contributed by atoms with Crippen molar-refractivity contribution in [3.05, 3.63) is 35.6 Å². The molecule has 0 saturated heterocycles. The van der Waals surface area contributed by atoms with Gasteiger partial charge in [-0.3, -0.25) is 4.79 Å². The molecule has 1 aromatic carbocycles. The van der Waals surface area contributed by atoms with E-state index in [1.165, 1.54) is 6.07 Å². The van der Waals surface area contributed by atoms with Crippen molar-refractivity contribution in [1.29, 1.82) is 0 Å². The van der Waals surface area contributed by atoms with Crippen molar-refractivity contribution in [2.75, 3.05) is 6.61 Å². The fourth-order valence-corrected chi connectivity index (χ4v) is 1.37. The fourth-order valence-electron chi connectivity index (χ4n) is 1.37. The van der Waals surface area contributed by atoms with Crippen LogP contribution < -0.4 is 5.32 Å². The second kappa shape index (κ2) is 6.23. The SMILES string of the molecule is CCC(CO)C(=O)NCc1ccccc1F. The monoisotopic (exact) mass is 225 g/mol. The zero-order valence-corrected chi connectivity index (χ0v) is 9.24. The van der Waals surface area contributed by atoms with Gasteiger partial charge in [0.1, 0.15) is 5.82 Å². The van der Waals surface area contributed by atoms with Gasteiger partial charge in [-0.15, -0.1) is 0 Å². The summed E-state index contributed by atoms with van der Waals surface area (Å²) < 4.78 is 13.2. The summed E-state index contributed by atoms with van der Waals surface area (Å²) >= 11 is 0. The molecule has 0 heterocycles. The first-order valence-electron chi connectivity index (χ1n) is 5.31. The first-order valence-corrected chi connectivity index (χ1v) is 5.31. The molecule has 1 aromatic rings. The number of aliphatic hydroxyl groups is 1. The minimum atomic E-state index is -0.410. The van der Waals surface area contributed by atoms with E-state index in [2.05, 4.69) is 5.32 Å². The highest BCUT2D eigenvalue weighted by Crippen LogP contribution is 2.07. The first-order chi connectivity index (χ1) is 7.69. The Hall–Kier alpha value is -1.42. The van der Waals surface area contributed by atoms with E-state index in [-0.39, 0.29) is 24.9 Å². The predicted octanol–water partition coefficient (Wildman–Crippen LogP) is 1.46. The van der Waals surface area contributed by atoms with Gasteiger partial charge in [-0.1, -0.05) is 25.1 Å². The van der Waals surface area contributed by atoms with Crippen LogP contribution in [0.4, 0.5) is 4.39 Å². The molecule has 3 nitrogen and oxygen atoms in total. The fraction of sp³-hybridized carbons (Fsp3) is 0.417. The van der Waals surface area contributed by atoms with Crippen molar-refractivity contribution in [1.82, 2.24) is 5.32 Å². The highest BCUT2D eigenvalue weighted by atomic mass is 19.1. The maximum absolute atomic E-state index is 13.2. The second-order valence-electron chi connectivity index (χ2n) is 3.60. The molecule has 1 amide bonds. The minimum Gasteiger partial charge on any atom is -0.396 e. The summed E-state index contributed by atoms with van der Waals surface area (Å²) in [7, 11) is 0. The molecule has 1 atom stereocenters. The zero-order chi connectivity index (χ0) is 12.0. The lowest BCUT2D eigenvalue weighted by Gasteiger charge is -2.12. The third kappa shape index (κ3) is 3.31. The van der Waals surface area contributed by atoms with Gasteiger partial charge in [-0.25, -0.2) is 4.39 Å². The Balaban J connectivity index is 2.52. The molecule has 16 heavy (non-hydrogen) atoms. The van der Waals surface area contributed by atoms with Gasteiger partial charge in [0.15, 0.2) is 0 Å². The molecule has 0 bridgehead atoms. The number of carbonyl (C=O) groups excluding carboxylic acids is 1. The Morgan fingerprint density at radius 3 is 2.75 bits per heavy atom. The molecule has 0 aliphatic heterocycles. The Kier molecular flexibility index (Phi) is 4.92. The van der Waals surface area contributed by atoms with Crippen molar-refractivity contribution in [3.8, 4) is 0 Å². The van der Waals surface area contributed by atoms with Crippen LogP contribution in [0, 0.1) is 11.7 Å². The van der Waals surface area contributed by atoms with Gasteiger partial charge in [0.25, 0.3) is 0 Å². The van der Waals surface area contributed by atoms with Crippen molar-refractivity contribution < 1.29 is 14.3 Å². The van der Waals surface area contributed by atoms with Gasteiger partial charge in [0, 0.05) is 12.1 Å². The maximum atomic E-state index is 13.2. The zero-order valence-electron chi connectivity index (χ0n) is 9.24.